The molecule has 0 saturated carbocycles. The molecule has 0 aromatic carbocycles. The van der Waals surface area contributed by atoms with Crippen LogP contribution in [0.15, 0.2) is 24.5 Å². The highest BCUT2D eigenvalue weighted by molar-refractivity contribution is 5.37. The zero-order valence-electron chi connectivity index (χ0n) is 11.5. The van der Waals surface area contributed by atoms with Crippen molar-refractivity contribution in [2.45, 2.75) is 38.8 Å². The molecule has 0 aliphatic carbocycles. The second-order valence-corrected chi connectivity index (χ2v) is 5.35. The lowest BCUT2D eigenvalue weighted by Crippen LogP contribution is -2.41. The molecule has 3 heterocycles. The fourth-order valence-electron chi connectivity index (χ4n) is 2.54. The van der Waals surface area contributed by atoms with Gasteiger partial charge in [0.05, 0.1) is 0 Å². The van der Waals surface area contributed by atoms with E-state index in [-0.39, 0.29) is 6.10 Å². The summed E-state index contributed by atoms with van der Waals surface area (Å²) < 4.78 is 7.72. The van der Waals surface area contributed by atoms with E-state index < -0.39 is 0 Å². The molecular formula is C14H20N4O. The third-order valence-corrected chi connectivity index (χ3v) is 3.72. The van der Waals surface area contributed by atoms with Crippen molar-refractivity contribution in [1.29, 1.82) is 0 Å². The third-order valence-electron chi connectivity index (χ3n) is 3.72. The molecule has 2 aromatic heterocycles. The topological polar surface area (TPSA) is 42.7 Å². The first-order valence-corrected chi connectivity index (χ1v) is 6.93. The summed E-state index contributed by atoms with van der Waals surface area (Å²) in [7, 11) is 0. The van der Waals surface area contributed by atoms with E-state index >= 15 is 0 Å². The second-order valence-electron chi connectivity index (χ2n) is 5.35. The second kappa shape index (κ2) is 5.17. The summed E-state index contributed by atoms with van der Waals surface area (Å²) in [5, 5.41) is 4.40. The molecular weight excluding hydrogens is 240 g/mol. The lowest BCUT2D eigenvalue weighted by atomic mass is 10.1. The number of likely N-dealkylation sites (tertiary alicyclic amines) is 1. The number of ether oxygens (including phenoxy) is 1. The molecule has 1 aliphatic heterocycles. The van der Waals surface area contributed by atoms with Gasteiger partial charge in [0.2, 0.25) is 5.88 Å². The van der Waals surface area contributed by atoms with Crippen LogP contribution < -0.4 is 4.74 Å². The van der Waals surface area contributed by atoms with Crippen molar-refractivity contribution in [3.05, 3.63) is 24.5 Å². The van der Waals surface area contributed by atoms with Gasteiger partial charge in [0.15, 0.2) is 5.65 Å². The SMILES string of the molecule is CC(C)N1CCC(Oc2ccc3nccn3n2)CC1. The van der Waals surface area contributed by atoms with Crippen LogP contribution in [0.1, 0.15) is 26.7 Å². The zero-order chi connectivity index (χ0) is 13.2. The van der Waals surface area contributed by atoms with Gasteiger partial charge in [-0.1, -0.05) is 0 Å². The fourth-order valence-corrected chi connectivity index (χ4v) is 2.54. The molecule has 19 heavy (non-hydrogen) atoms. The van der Waals surface area contributed by atoms with E-state index in [1.54, 1.807) is 10.7 Å². The molecule has 102 valence electrons. The Morgan fingerprint density at radius 2 is 2.05 bits per heavy atom. The van der Waals surface area contributed by atoms with Crippen LogP contribution in [0.25, 0.3) is 5.65 Å². The van der Waals surface area contributed by atoms with Crippen LogP contribution >= 0.6 is 0 Å². The quantitative estimate of drug-likeness (QED) is 0.846. The molecule has 0 radical (unpaired) electrons. The van der Waals surface area contributed by atoms with E-state index in [9.17, 15) is 0 Å². The molecule has 0 atom stereocenters. The number of hydrogen-bond donors (Lipinski definition) is 0. The normalized spacial score (nSPS) is 18.3. The first-order chi connectivity index (χ1) is 9.22. The summed E-state index contributed by atoms with van der Waals surface area (Å²) in [5.74, 6) is 0.688. The highest BCUT2D eigenvalue weighted by atomic mass is 16.5. The summed E-state index contributed by atoms with van der Waals surface area (Å²) in [6.45, 7) is 6.71. The van der Waals surface area contributed by atoms with Crippen LogP contribution in [-0.2, 0) is 0 Å². The minimum Gasteiger partial charge on any atom is -0.473 e. The summed E-state index contributed by atoms with van der Waals surface area (Å²) in [6, 6.07) is 4.46. The van der Waals surface area contributed by atoms with Gasteiger partial charge in [-0.3, -0.25) is 0 Å². The Morgan fingerprint density at radius 3 is 2.79 bits per heavy atom. The van der Waals surface area contributed by atoms with Gasteiger partial charge in [-0.05, 0) is 32.8 Å². The van der Waals surface area contributed by atoms with Crippen LogP contribution in [0.4, 0.5) is 0 Å². The van der Waals surface area contributed by atoms with Crippen molar-refractivity contribution in [1.82, 2.24) is 19.5 Å². The smallest absolute Gasteiger partial charge is 0.232 e. The van der Waals surface area contributed by atoms with E-state index in [2.05, 4.69) is 28.8 Å². The van der Waals surface area contributed by atoms with Gasteiger partial charge in [-0.15, -0.1) is 5.10 Å². The van der Waals surface area contributed by atoms with Crippen LogP contribution in [0.2, 0.25) is 0 Å². The first kappa shape index (κ1) is 12.4. The number of nitrogens with zero attached hydrogens (tertiary/aromatic N) is 4. The predicted molar refractivity (Wildman–Crippen MR) is 73.3 cm³/mol. The summed E-state index contributed by atoms with van der Waals surface area (Å²) in [6.07, 6.45) is 6.00. The zero-order valence-corrected chi connectivity index (χ0v) is 11.5. The molecule has 5 heteroatoms. The molecule has 1 fully saturated rings. The molecule has 5 nitrogen and oxygen atoms in total. The van der Waals surface area contributed by atoms with Gasteiger partial charge < -0.3 is 9.64 Å². The van der Waals surface area contributed by atoms with Gasteiger partial charge >= 0.3 is 0 Å². The molecule has 0 bridgehead atoms. The maximum absolute atomic E-state index is 5.97. The average Bonchev–Trinajstić information content (AvgIpc) is 2.87. The molecule has 0 N–H and O–H groups in total. The molecule has 3 rings (SSSR count). The van der Waals surface area contributed by atoms with Crippen molar-refractivity contribution in [2.75, 3.05) is 13.1 Å². The third kappa shape index (κ3) is 2.71. The Kier molecular flexibility index (Phi) is 3.38. The lowest BCUT2D eigenvalue weighted by molar-refractivity contribution is 0.0804. The highest BCUT2D eigenvalue weighted by Crippen LogP contribution is 2.18. The number of piperidine rings is 1. The van der Waals surface area contributed by atoms with Gasteiger partial charge in [-0.25, -0.2) is 9.50 Å². The summed E-state index contributed by atoms with van der Waals surface area (Å²) >= 11 is 0. The number of imidazole rings is 1. The number of rotatable bonds is 3. The van der Waals surface area contributed by atoms with E-state index in [0.29, 0.717) is 11.9 Å². The van der Waals surface area contributed by atoms with Crippen LogP contribution in [-0.4, -0.2) is 44.7 Å². The number of hydrogen-bond acceptors (Lipinski definition) is 4. The first-order valence-electron chi connectivity index (χ1n) is 6.93. The van der Waals surface area contributed by atoms with Crippen molar-refractivity contribution in [2.24, 2.45) is 0 Å². The maximum atomic E-state index is 5.97. The summed E-state index contributed by atoms with van der Waals surface area (Å²) in [5.41, 5.74) is 0.849. The number of fused-ring (bicyclic) bond motifs is 1. The summed E-state index contributed by atoms with van der Waals surface area (Å²) in [4.78, 5) is 6.67. The largest absolute Gasteiger partial charge is 0.473 e. The Morgan fingerprint density at radius 1 is 1.26 bits per heavy atom. The molecule has 1 saturated heterocycles. The van der Waals surface area contributed by atoms with Crippen LogP contribution in [0.3, 0.4) is 0 Å². The Labute approximate surface area is 113 Å². The van der Waals surface area contributed by atoms with E-state index in [1.807, 2.05) is 18.3 Å². The Bertz CT molecular complexity index is 543. The highest BCUT2D eigenvalue weighted by Gasteiger charge is 2.22. The predicted octanol–water partition coefficient (Wildman–Crippen LogP) is 1.98. The lowest BCUT2D eigenvalue weighted by Gasteiger charge is -2.34. The van der Waals surface area contributed by atoms with E-state index in [0.717, 1.165) is 31.6 Å². The maximum Gasteiger partial charge on any atom is 0.232 e. The van der Waals surface area contributed by atoms with E-state index in [1.165, 1.54) is 0 Å². The molecule has 0 unspecified atom stereocenters. The van der Waals surface area contributed by atoms with Crippen LogP contribution in [0.5, 0.6) is 5.88 Å². The van der Waals surface area contributed by atoms with Crippen molar-refractivity contribution in [3.63, 3.8) is 0 Å². The van der Waals surface area contributed by atoms with Gasteiger partial charge in [0.1, 0.15) is 6.10 Å². The van der Waals surface area contributed by atoms with Crippen molar-refractivity contribution < 1.29 is 4.74 Å². The van der Waals surface area contributed by atoms with E-state index in [4.69, 9.17) is 4.74 Å². The van der Waals surface area contributed by atoms with Gasteiger partial charge in [0, 0.05) is 37.6 Å². The van der Waals surface area contributed by atoms with Gasteiger partial charge in [-0.2, -0.15) is 0 Å². The standard InChI is InChI=1S/C14H20N4O/c1-11(2)17-8-5-12(6-9-17)19-14-4-3-13-15-7-10-18(13)16-14/h3-4,7,10-12H,5-6,8-9H2,1-2H3. The minimum atomic E-state index is 0.281. The van der Waals surface area contributed by atoms with Crippen molar-refractivity contribution >= 4 is 5.65 Å². The molecule has 0 spiro atoms. The van der Waals surface area contributed by atoms with Gasteiger partial charge in [0.25, 0.3) is 0 Å². The fraction of sp³-hybridized carbons (Fsp3) is 0.571. The Hall–Kier alpha value is -1.62. The van der Waals surface area contributed by atoms with Crippen LogP contribution in [0, 0.1) is 0 Å². The van der Waals surface area contributed by atoms with Crippen molar-refractivity contribution in [3.8, 4) is 5.88 Å². The molecule has 0 amide bonds. The minimum absolute atomic E-state index is 0.281. The monoisotopic (exact) mass is 260 g/mol. The average molecular weight is 260 g/mol. The molecule has 2 aromatic rings. The number of aromatic nitrogens is 3. The Balaban J connectivity index is 1.62. The molecule has 1 aliphatic rings.